The van der Waals surface area contributed by atoms with Crippen LogP contribution in [-0.4, -0.2) is 29.7 Å². The number of benzene rings is 4. The van der Waals surface area contributed by atoms with Gasteiger partial charge in [-0.05, 0) is 45.2 Å². The fourth-order valence-electron chi connectivity index (χ4n) is 4.28. The molecule has 1 N–H and O–H groups in total. The van der Waals surface area contributed by atoms with Gasteiger partial charge < -0.3 is 10.2 Å². The van der Waals surface area contributed by atoms with Crippen LogP contribution in [0.5, 0.6) is 0 Å². The molecule has 6 heteroatoms. The number of carbonyl (C=O) groups excluding carboxylic acids is 2. The summed E-state index contributed by atoms with van der Waals surface area (Å²) in [5, 5.41) is 6.82. The second kappa shape index (κ2) is 11.8. The fraction of sp³-hybridized carbons (Fsp3) is 0.226. The van der Waals surface area contributed by atoms with Gasteiger partial charge in [0.2, 0.25) is 11.8 Å². The van der Waals surface area contributed by atoms with Crippen molar-refractivity contribution in [1.29, 1.82) is 0 Å². The van der Waals surface area contributed by atoms with E-state index < -0.39 is 12.3 Å². The predicted molar refractivity (Wildman–Crippen MR) is 144 cm³/mol. The van der Waals surface area contributed by atoms with E-state index in [1.54, 1.807) is 12.1 Å². The van der Waals surface area contributed by atoms with Crippen LogP contribution in [0.15, 0.2) is 97.2 Å². The first kappa shape index (κ1) is 26.0. The summed E-state index contributed by atoms with van der Waals surface area (Å²) in [6.45, 7) is 0.409. The Morgan fingerprint density at radius 2 is 1.57 bits per heavy atom. The van der Waals surface area contributed by atoms with Gasteiger partial charge in [-0.3, -0.25) is 9.59 Å². The molecular weight excluding hydrogens is 470 g/mol. The Morgan fingerprint density at radius 1 is 0.865 bits per heavy atom. The van der Waals surface area contributed by atoms with Gasteiger partial charge in [0, 0.05) is 45.1 Å². The molecule has 0 spiro atoms. The summed E-state index contributed by atoms with van der Waals surface area (Å²) >= 11 is 0. The standard InChI is InChI=1S/C31H30F2N2O2/c1-35(19-18-31(32,33)21-27-12-6-11-25-9-4-5-13-28(25)27)30(37)15-7-14-29(36)34-22-23-16-17-24-8-2-3-10-26(24)20-23/h2-6,8-13,16-20H,7,14-15,21-22H2,1H3,(H,34,36)/b19-18+. The summed E-state index contributed by atoms with van der Waals surface area (Å²) in [4.78, 5) is 25.7. The minimum atomic E-state index is -3.11. The van der Waals surface area contributed by atoms with Crippen LogP contribution in [-0.2, 0) is 22.6 Å². The molecule has 0 radical (unpaired) electrons. The van der Waals surface area contributed by atoms with E-state index >= 15 is 0 Å². The van der Waals surface area contributed by atoms with E-state index in [1.165, 1.54) is 7.05 Å². The zero-order valence-corrected chi connectivity index (χ0v) is 20.8. The smallest absolute Gasteiger partial charge is 0.272 e. The molecule has 4 nitrogen and oxygen atoms in total. The Bertz CT molecular complexity index is 1430. The molecular formula is C31H30F2N2O2. The second-order valence-corrected chi connectivity index (χ2v) is 9.21. The van der Waals surface area contributed by atoms with Gasteiger partial charge in [0.05, 0.1) is 0 Å². The maximum atomic E-state index is 14.7. The molecule has 0 aromatic heterocycles. The van der Waals surface area contributed by atoms with Crippen LogP contribution < -0.4 is 5.32 Å². The average Bonchev–Trinajstić information content (AvgIpc) is 2.90. The van der Waals surface area contributed by atoms with Crippen molar-refractivity contribution in [1.82, 2.24) is 10.2 Å². The van der Waals surface area contributed by atoms with Gasteiger partial charge in [0.25, 0.3) is 5.92 Å². The molecule has 0 heterocycles. The molecule has 37 heavy (non-hydrogen) atoms. The third-order valence-electron chi connectivity index (χ3n) is 6.34. The molecule has 4 rings (SSSR count). The molecule has 0 atom stereocenters. The number of nitrogens with one attached hydrogen (secondary N) is 1. The number of hydrogen-bond donors (Lipinski definition) is 1. The Balaban J connectivity index is 1.21. The molecule has 0 aliphatic rings. The summed E-state index contributed by atoms with van der Waals surface area (Å²) in [6.07, 6.45) is 2.06. The van der Waals surface area contributed by atoms with Gasteiger partial charge in [-0.1, -0.05) is 78.9 Å². The molecule has 190 valence electrons. The maximum absolute atomic E-state index is 14.7. The molecule has 4 aromatic carbocycles. The summed E-state index contributed by atoms with van der Waals surface area (Å²) < 4.78 is 29.3. The monoisotopic (exact) mass is 500 g/mol. The summed E-state index contributed by atoms with van der Waals surface area (Å²) in [5.41, 5.74) is 1.55. The van der Waals surface area contributed by atoms with Crippen LogP contribution in [0, 0.1) is 0 Å². The lowest BCUT2D eigenvalue weighted by molar-refractivity contribution is -0.127. The van der Waals surface area contributed by atoms with Crippen molar-refractivity contribution in [2.75, 3.05) is 7.05 Å². The van der Waals surface area contributed by atoms with Crippen molar-refractivity contribution in [2.45, 2.75) is 38.2 Å². The number of hydrogen-bond acceptors (Lipinski definition) is 2. The summed E-state index contributed by atoms with van der Waals surface area (Å²) in [7, 11) is 1.45. The topological polar surface area (TPSA) is 49.4 Å². The lowest BCUT2D eigenvalue weighted by atomic mass is 9.99. The SMILES string of the molecule is CN(/C=C/C(F)(F)Cc1cccc2ccccc12)C(=O)CCCC(=O)NCc1ccc2ccccc2c1. The number of nitrogens with zero attached hydrogens (tertiary/aromatic N) is 1. The highest BCUT2D eigenvalue weighted by atomic mass is 19.3. The normalized spacial score (nSPS) is 11.8. The van der Waals surface area contributed by atoms with Crippen LogP contribution in [0.4, 0.5) is 8.78 Å². The number of alkyl halides is 2. The first-order chi connectivity index (χ1) is 17.8. The third-order valence-corrected chi connectivity index (χ3v) is 6.34. The minimum absolute atomic E-state index is 0.0964. The molecule has 0 bridgehead atoms. The molecule has 0 unspecified atom stereocenters. The van der Waals surface area contributed by atoms with E-state index in [2.05, 4.69) is 5.32 Å². The minimum Gasteiger partial charge on any atom is -0.352 e. The summed E-state index contributed by atoms with van der Waals surface area (Å²) in [6, 6.07) is 26.8. The number of allylic oxidation sites excluding steroid dienone is 1. The van der Waals surface area contributed by atoms with E-state index in [4.69, 9.17) is 0 Å². The van der Waals surface area contributed by atoms with Gasteiger partial charge in [0.15, 0.2) is 0 Å². The first-order valence-corrected chi connectivity index (χ1v) is 12.3. The number of amides is 2. The van der Waals surface area contributed by atoms with Crippen molar-refractivity contribution >= 4 is 33.4 Å². The Hall–Kier alpha value is -4.06. The lowest BCUT2D eigenvalue weighted by Crippen LogP contribution is -2.25. The van der Waals surface area contributed by atoms with E-state index in [9.17, 15) is 18.4 Å². The number of fused-ring (bicyclic) bond motifs is 2. The molecule has 0 saturated carbocycles. The van der Waals surface area contributed by atoms with E-state index in [0.29, 0.717) is 18.5 Å². The van der Waals surface area contributed by atoms with E-state index in [-0.39, 0.29) is 24.7 Å². The third kappa shape index (κ3) is 7.23. The maximum Gasteiger partial charge on any atom is 0.272 e. The van der Waals surface area contributed by atoms with E-state index in [1.807, 2.05) is 72.8 Å². The van der Waals surface area contributed by atoms with Crippen LogP contribution in [0.3, 0.4) is 0 Å². The van der Waals surface area contributed by atoms with Gasteiger partial charge in [0.1, 0.15) is 0 Å². The van der Waals surface area contributed by atoms with Gasteiger partial charge in [-0.25, -0.2) is 8.78 Å². The van der Waals surface area contributed by atoms with Crippen molar-refractivity contribution in [3.05, 3.63) is 108 Å². The van der Waals surface area contributed by atoms with Crippen molar-refractivity contribution in [3.63, 3.8) is 0 Å². The van der Waals surface area contributed by atoms with Gasteiger partial charge in [-0.15, -0.1) is 0 Å². The van der Waals surface area contributed by atoms with Crippen molar-refractivity contribution in [3.8, 4) is 0 Å². The fourth-order valence-corrected chi connectivity index (χ4v) is 4.28. The Kier molecular flexibility index (Phi) is 8.29. The summed E-state index contributed by atoms with van der Waals surface area (Å²) in [5.74, 6) is -3.58. The van der Waals surface area contributed by atoms with Gasteiger partial charge in [-0.2, -0.15) is 0 Å². The molecule has 2 amide bonds. The Labute approximate surface area is 215 Å². The van der Waals surface area contributed by atoms with Crippen molar-refractivity contribution in [2.24, 2.45) is 0 Å². The first-order valence-electron chi connectivity index (χ1n) is 12.3. The van der Waals surface area contributed by atoms with Gasteiger partial charge >= 0.3 is 0 Å². The highest BCUT2D eigenvalue weighted by molar-refractivity contribution is 5.86. The average molecular weight is 501 g/mol. The van der Waals surface area contributed by atoms with Crippen LogP contribution >= 0.6 is 0 Å². The quantitative estimate of drug-likeness (QED) is 0.266. The Morgan fingerprint density at radius 3 is 2.38 bits per heavy atom. The van der Waals surface area contributed by atoms with Crippen LogP contribution in [0.2, 0.25) is 0 Å². The molecule has 0 fully saturated rings. The van der Waals surface area contributed by atoms with Crippen LogP contribution in [0.25, 0.3) is 21.5 Å². The predicted octanol–water partition coefficient (Wildman–Crippen LogP) is 6.63. The molecule has 4 aromatic rings. The number of rotatable bonds is 10. The highest BCUT2D eigenvalue weighted by Gasteiger charge is 2.27. The zero-order valence-electron chi connectivity index (χ0n) is 20.8. The van der Waals surface area contributed by atoms with E-state index in [0.717, 1.165) is 44.3 Å². The number of carbonyl (C=O) groups is 2. The molecule has 0 saturated heterocycles. The molecule has 0 aliphatic heterocycles. The molecule has 0 aliphatic carbocycles. The van der Waals surface area contributed by atoms with Crippen molar-refractivity contribution < 1.29 is 18.4 Å². The van der Waals surface area contributed by atoms with Crippen LogP contribution in [0.1, 0.15) is 30.4 Å². The lowest BCUT2D eigenvalue weighted by Gasteiger charge is -2.16. The second-order valence-electron chi connectivity index (χ2n) is 9.21. The largest absolute Gasteiger partial charge is 0.352 e. The zero-order chi connectivity index (χ0) is 26.3. The highest BCUT2D eigenvalue weighted by Crippen LogP contribution is 2.27. The number of halogens is 2.